The fraction of sp³-hybridized carbons (Fsp3) is 0.333. The first-order valence-corrected chi connectivity index (χ1v) is 10.4. The number of hydrogen-bond acceptors (Lipinski definition) is 7. The molecule has 0 radical (unpaired) electrons. The molecule has 1 atom stereocenters. The molecule has 2 heterocycles. The number of carbonyl (C=O) groups excluding carboxylic acids is 3. The fourth-order valence-electron chi connectivity index (χ4n) is 3.64. The van der Waals surface area contributed by atoms with E-state index in [9.17, 15) is 14.4 Å². The molecule has 0 spiro atoms. The van der Waals surface area contributed by atoms with E-state index in [0.29, 0.717) is 27.4 Å². The van der Waals surface area contributed by atoms with Gasteiger partial charge in [0.2, 0.25) is 0 Å². The van der Waals surface area contributed by atoms with E-state index in [1.165, 1.54) is 18.4 Å². The zero-order valence-corrected chi connectivity index (χ0v) is 17.4. The average molecular weight is 427 g/mol. The van der Waals surface area contributed by atoms with Gasteiger partial charge in [-0.25, -0.2) is 9.59 Å². The summed E-state index contributed by atoms with van der Waals surface area (Å²) >= 11 is 1.38. The van der Waals surface area contributed by atoms with Crippen LogP contribution in [0.3, 0.4) is 0 Å². The van der Waals surface area contributed by atoms with Crippen molar-refractivity contribution in [2.45, 2.75) is 26.2 Å². The van der Waals surface area contributed by atoms with Crippen LogP contribution < -0.4 is 5.32 Å². The molecule has 8 nitrogen and oxygen atoms in total. The van der Waals surface area contributed by atoms with Crippen molar-refractivity contribution in [1.29, 1.82) is 0 Å². The monoisotopic (exact) mass is 427 g/mol. The van der Waals surface area contributed by atoms with Crippen LogP contribution in [0.2, 0.25) is 0 Å². The summed E-state index contributed by atoms with van der Waals surface area (Å²) in [7, 11) is 1.32. The van der Waals surface area contributed by atoms with E-state index in [4.69, 9.17) is 9.47 Å². The van der Waals surface area contributed by atoms with Gasteiger partial charge in [0.1, 0.15) is 5.00 Å². The van der Waals surface area contributed by atoms with E-state index in [0.717, 1.165) is 29.7 Å². The Kier molecular flexibility index (Phi) is 5.54. The highest BCUT2D eigenvalue weighted by Gasteiger charge is 2.29. The van der Waals surface area contributed by atoms with Crippen molar-refractivity contribution in [3.8, 4) is 0 Å². The molecule has 1 amide bonds. The normalized spacial score (nSPS) is 15.5. The molecule has 30 heavy (non-hydrogen) atoms. The van der Waals surface area contributed by atoms with Gasteiger partial charge in [0, 0.05) is 10.3 Å². The highest BCUT2D eigenvalue weighted by Crippen LogP contribution is 2.40. The molecule has 1 unspecified atom stereocenters. The number of para-hydroxylation sites is 1. The summed E-state index contributed by atoms with van der Waals surface area (Å²) in [6, 6.07) is 7.15. The van der Waals surface area contributed by atoms with Crippen molar-refractivity contribution in [3.63, 3.8) is 0 Å². The minimum atomic E-state index is -0.699. The van der Waals surface area contributed by atoms with E-state index in [1.54, 1.807) is 18.2 Å². The van der Waals surface area contributed by atoms with E-state index in [2.05, 4.69) is 22.4 Å². The Morgan fingerprint density at radius 2 is 2.07 bits per heavy atom. The molecule has 1 aliphatic carbocycles. The molecule has 0 aliphatic heterocycles. The summed E-state index contributed by atoms with van der Waals surface area (Å²) in [5.41, 5.74) is 2.17. The highest BCUT2D eigenvalue weighted by atomic mass is 32.1. The van der Waals surface area contributed by atoms with Gasteiger partial charge in [-0.05, 0) is 36.8 Å². The summed E-state index contributed by atoms with van der Waals surface area (Å²) in [5.74, 6) is -1.18. The van der Waals surface area contributed by atoms with Gasteiger partial charge in [0.05, 0.1) is 18.2 Å². The molecule has 0 saturated heterocycles. The molecule has 1 aromatic carbocycles. The Bertz CT molecular complexity index is 1130. The number of hydrogen-bond donors (Lipinski definition) is 2. The smallest absolute Gasteiger partial charge is 0.359 e. The molecular formula is C21H21N3O5S. The van der Waals surface area contributed by atoms with Crippen LogP contribution in [0.25, 0.3) is 10.9 Å². The lowest BCUT2D eigenvalue weighted by Crippen LogP contribution is -2.22. The van der Waals surface area contributed by atoms with Crippen LogP contribution in [-0.2, 0) is 27.1 Å². The first kappa shape index (κ1) is 20.1. The molecular weight excluding hydrogens is 406 g/mol. The number of rotatable bonds is 5. The maximum absolute atomic E-state index is 12.4. The number of aromatic nitrogens is 2. The van der Waals surface area contributed by atoms with Crippen molar-refractivity contribution in [2.24, 2.45) is 5.92 Å². The number of nitrogens with zero attached hydrogens (tertiary/aromatic N) is 1. The van der Waals surface area contributed by atoms with E-state index in [1.807, 2.05) is 6.07 Å². The van der Waals surface area contributed by atoms with Crippen LogP contribution in [0.15, 0.2) is 24.3 Å². The van der Waals surface area contributed by atoms with Gasteiger partial charge in [-0.1, -0.05) is 25.1 Å². The zero-order valence-electron chi connectivity index (χ0n) is 16.6. The number of esters is 2. The number of amides is 1. The van der Waals surface area contributed by atoms with Crippen LogP contribution in [0.5, 0.6) is 0 Å². The van der Waals surface area contributed by atoms with Crippen molar-refractivity contribution in [1.82, 2.24) is 10.2 Å². The molecule has 1 aliphatic rings. The quantitative estimate of drug-likeness (QED) is 0.605. The Balaban J connectivity index is 1.46. The van der Waals surface area contributed by atoms with E-state index >= 15 is 0 Å². The van der Waals surface area contributed by atoms with Crippen LogP contribution >= 0.6 is 11.3 Å². The molecule has 4 rings (SSSR count). The number of carbonyl (C=O) groups is 3. The molecule has 9 heteroatoms. The Morgan fingerprint density at radius 1 is 1.27 bits per heavy atom. The van der Waals surface area contributed by atoms with Crippen molar-refractivity contribution in [2.75, 3.05) is 19.0 Å². The summed E-state index contributed by atoms with van der Waals surface area (Å²) < 4.78 is 10.0. The third-order valence-electron chi connectivity index (χ3n) is 5.15. The fourth-order valence-corrected chi connectivity index (χ4v) is 5.05. The second-order valence-corrected chi connectivity index (χ2v) is 8.39. The Labute approximate surface area is 176 Å². The summed E-state index contributed by atoms with van der Waals surface area (Å²) in [6.45, 7) is 1.68. The van der Waals surface area contributed by atoms with E-state index in [-0.39, 0.29) is 5.69 Å². The number of thiophene rings is 1. The first-order chi connectivity index (χ1) is 14.5. The van der Waals surface area contributed by atoms with Crippen molar-refractivity contribution < 1.29 is 23.9 Å². The number of nitrogens with one attached hydrogen (secondary N) is 2. The van der Waals surface area contributed by atoms with Crippen molar-refractivity contribution >= 4 is 45.1 Å². The predicted molar refractivity (Wildman–Crippen MR) is 112 cm³/mol. The number of H-pyrrole nitrogens is 1. The van der Waals surface area contributed by atoms with Crippen LogP contribution in [0.1, 0.15) is 44.6 Å². The van der Waals surface area contributed by atoms with Gasteiger partial charge in [0.15, 0.2) is 12.3 Å². The first-order valence-electron chi connectivity index (χ1n) is 9.60. The molecule has 156 valence electrons. The average Bonchev–Trinajstić information content (AvgIpc) is 3.32. The molecule has 2 aromatic heterocycles. The summed E-state index contributed by atoms with van der Waals surface area (Å²) in [5, 5.41) is 10.5. The van der Waals surface area contributed by atoms with Gasteiger partial charge < -0.3 is 14.8 Å². The third kappa shape index (κ3) is 3.80. The molecule has 2 N–H and O–H groups in total. The largest absolute Gasteiger partial charge is 0.465 e. The molecule has 0 fully saturated rings. The number of benzene rings is 1. The second-order valence-electron chi connectivity index (χ2n) is 7.29. The van der Waals surface area contributed by atoms with Gasteiger partial charge in [0.25, 0.3) is 5.91 Å². The second kappa shape index (κ2) is 8.27. The minimum Gasteiger partial charge on any atom is -0.465 e. The lowest BCUT2D eigenvalue weighted by atomic mass is 9.88. The number of ether oxygens (including phenoxy) is 2. The van der Waals surface area contributed by atoms with E-state index < -0.39 is 24.5 Å². The Hall–Kier alpha value is -3.20. The maximum Gasteiger partial charge on any atom is 0.359 e. The standard InChI is InChI=1S/C21H21N3O5S/c1-11-7-8-13-15(9-11)30-19(17(13)20(26)28-2)22-16(25)10-29-21(27)18-12-5-3-4-6-14(12)23-24-18/h3-6,11H,7-10H2,1-2H3,(H,22,25)(H,23,24). The minimum absolute atomic E-state index is 0.120. The number of methoxy groups -OCH3 is 1. The molecule has 3 aromatic rings. The van der Waals surface area contributed by atoms with Crippen LogP contribution in [0.4, 0.5) is 5.00 Å². The lowest BCUT2D eigenvalue weighted by Gasteiger charge is -2.18. The summed E-state index contributed by atoms with van der Waals surface area (Å²) in [6.07, 6.45) is 2.62. The van der Waals surface area contributed by atoms with Gasteiger partial charge in [-0.15, -0.1) is 11.3 Å². The highest BCUT2D eigenvalue weighted by molar-refractivity contribution is 7.17. The predicted octanol–water partition coefficient (Wildman–Crippen LogP) is 3.33. The SMILES string of the molecule is COC(=O)c1c(NC(=O)COC(=O)c2n[nH]c3ccccc23)sc2c1CCC(C)C2. The number of fused-ring (bicyclic) bond motifs is 2. The molecule has 0 saturated carbocycles. The van der Waals surface area contributed by atoms with Crippen molar-refractivity contribution in [3.05, 3.63) is 46.0 Å². The van der Waals surface area contributed by atoms with Crippen LogP contribution in [-0.4, -0.2) is 41.8 Å². The Morgan fingerprint density at radius 3 is 2.87 bits per heavy atom. The summed E-state index contributed by atoms with van der Waals surface area (Å²) in [4.78, 5) is 38.2. The number of anilines is 1. The van der Waals surface area contributed by atoms with Crippen LogP contribution in [0, 0.1) is 5.92 Å². The third-order valence-corrected chi connectivity index (χ3v) is 6.32. The molecule has 0 bridgehead atoms. The van der Waals surface area contributed by atoms with Gasteiger partial charge >= 0.3 is 11.9 Å². The zero-order chi connectivity index (χ0) is 21.3. The van der Waals surface area contributed by atoms with Gasteiger partial charge in [-0.3, -0.25) is 9.89 Å². The lowest BCUT2D eigenvalue weighted by molar-refractivity contribution is -0.119. The number of aromatic amines is 1. The van der Waals surface area contributed by atoms with Gasteiger partial charge in [-0.2, -0.15) is 5.10 Å². The maximum atomic E-state index is 12.4. The topological polar surface area (TPSA) is 110 Å².